The van der Waals surface area contributed by atoms with Crippen LogP contribution in [0.3, 0.4) is 0 Å². The molecule has 0 radical (unpaired) electrons. The van der Waals surface area contributed by atoms with Crippen molar-refractivity contribution < 1.29 is 19.4 Å². The Bertz CT molecular complexity index is 760. The zero-order valence-electron chi connectivity index (χ0n) is 13.2. The van der Waals surface area contributed by atoms with Gasteiger partial charge in [-0.25, -0.2) is 0 Å². The van der Waals surface area contributed by atoms with Crippen LogP contribution in [0.2, 0.25) is 0 Å². The molecule has 0 unspecified atom stereocenters. The molecule has 7 heteroatoms. The molecule has 0 fully saturated rings. The van der Waals surface area contributed by atoms with Crippen molar-refractivity contribution in [2.75, 3.05) is 24.4 Å². The maximum Gasteiger partial charge on any atom is 0.259 e. The second-order valence-corrected chi connectivity index (χ2v) is 6.01. The van der Waals surface area contributed by atoms with Gasteiger partial charge in [-0.15, -0.1) is 0 Å². The van der Waals surface area contributed by atoms with Crippen LogP contribution in [-0.2, 0) is 9.53 Å². The van der Waals surface area contributed by atoms with Crippen molar-refractivity contribution in [2.45, 2.75) is 6.92 Å². The molecular formula is C17H17BrN2O4. The Labute approximate surface area is 148 Å². The zero-order chi connectivity index (χ0) is 17.7. The standard InChI is InChI=1S/C17H17BrN2O4/c1-10-7-13(16(22)14(18)8-10)17(23)20-12-5-3-11(4-6-12)19-15(21)9-24-2/h3-8,22H,9H2,1-2H3,(H,19,21)(H,20,23). The third kappa shape index (κ3) is 4.56. The van der Waals surface area contributed by atoms with E-state index in [1.165, 1.54) is 7.11 Å². The molecule has 2 aromatic carbocycles. The van der Waals surface area contributed by atoms with Gasteiger partial charge in [-0.3, -0.25) is 9.59 Å². The molecule has 24 heavy (non-hydrogen) atoms. The summed E-state index contributed by atoms with van der Waals surface area (Å²) in [6.07, 6.45) is 0. The first-order valence-electron chi connectivity index (χ1n) is 7.10. The summed E-state index contributed by atoms with van der Waals surface area (Å²) < 4.78 is 5.20. The van der Waals surface area contributed by atoms with E-state index in [4.69, 9.17) is 4.74 Å². The van der Waals surface area contributed by atoms with Crippen LogP contribution in [0.5, 0.6) is 5.75 Å². The highest BCUT2D eigenvalue weighted by Gasteiger charge is 2.14. The van der Waals surface area contributed by atoms with E-state index in [2.05, 4.69) is 26.6 Å². The molecule has 2 aromatic rings. The molecule has 0 saturated heterocycles. The average molecular weight is 393 g/mol. The van der Waals surface area contributed by atoms with Gasteiger partial charge in [0.1, 0.15) is 12.4 Å². The lowest BCUT2D eigenvalue weighted by Crippen LogP contribution is -2.17. The SMILES string of the molecule is COCC(=O)Nc1ccc(NC(=O)c2cc(C)cc(Br)c2O)cc1. The highest BCUT2D eigenvalue weighted by atomic mass is 79.9. The fourth-order valence-corrected chi connectivity index (χ4v) is 2.65. The van der Waals surface area contributed by atoms with E-state index in [0.29, 0.717) is 15.8 Å². The van der Waals surface area contributed by atoms with Crippen LogP contribution in [0.4, 0.5) is 11.4 Å². The van der Waals surface area contributed by atoms with Crippen LogP contribution in [0.15, 0.2) is 40.9 Å². The lowest BCUT2D eigenvalue weighted by Gasteiger charge is -2.10. The first kappa shape index (κ1) is 18.0. The molecule has 0 heterocycles. The molecule has 0 saturated carbocycles. The van der Waals surface area contributed by atoms with Crippen molar-refractivity contribution in [1.82, 2.24) is 0 Å². The normalized spacial score (nSPS) is 10.3. The van der Waals surface area contributed by atoms with E-state index in [1.54, 1.807) is 36.4 Å². The summed E-state index contributed by atoms with van der Waals surface area (Å²) in [6.45, 7) is 1.80. The summed E-state index contributed by atoms with van der Waals surface area (Å²) in [5, 5.41) is 15.4. The molecule has 0 bridgehead atoms. The summed E-state index contributed by atoms with van der Waals surface area (Å²) in [5.74, 6) is -0.793. The van der Waals surface area contributed by atoms with Crippen LogP contribution in [0, 0.1) is 6.92 Å². The number of aryl methyl sites for hydroxylation is 1. The number of hydrogen-bond acceptors (Lipinski definition) is 4. The van der Waals surface area contributed by atoms with Crippen LogP contribution in [0.25, 0.3) is 0 Å². The van der Waals surface area contributed by atoms with Crippen molar-refractivity contribution in [3.8, 4) is 5.75 Å². The van der Waals surface area contributed by atoms with Gasteiger partial charge in [0, 0.05) is 18.5 Å². The summed E-state index contributed by atoms with van der Waals surface area (Å²) >= 11 is 3.22. The molecule has 0 aromatic heterocycles. The van der Waals surface area contributed by atoms with Gasteiger partial charge in [0.25, 0.3) is 5.91 Å². The fourth-order valence-electron chi connectivity index (χ4n) is 2.07. The number of methoxy groups -OCH3 is 1. The molecule has 126 valence electrons. The van der Waals surface area contributed by atoms with Gasteiger partial charge in [0.2, 0.25) is 5.91 Å². The molecule has 6 nitrogen and oxygen atoms in total. The van der Waals surface area contributed by atoms with Crippen LogP contribution in [0.1, 0.15) is 15.9 Å². The number of ether oxygens (including phenoxy) is 1. The summed E-state index contributed by atoms with van der Waals surface area (Å²) in [4.78, 5) is 23.7. The minimum absolute atomic E-state index is 0.0278. The van der Waals surface area contributed by atoms with Crippen molar-refractivity contribution in [1.29, 1.82) is 0 Å². The van der Waals surface area contributed by atoms with Gasteiger partial charge in [-0.05, 0) is 64.8 Å². The van der Waals surface area contributed by atoms with Gasteiger partial charge >= 0.3 is 0 Å². The number of carbonyl (C=O) groups is 2. The molecule has 2 amide bonds. The number of rotatable bonds is 5. The lowest BCUT2D eigenvalue weighted by atomic mass is 10.1. The van der Waals surface area contributed by atoms with Gasteiger partial charge in [-0.1, -0.05) is 0 Å². The Morgan fingerprint density at radius 1 is 1.12 bits per heavy atom. The van der Waals surface area contributed by atoms with E-state index >= 15 is 0 Å². The smallest absolute Gasteiger partial charge is 0.259 e. The van der Waals surface area contributed by atoms with Crippen LogP contribution < -0.4 is 10.6 Å². The predicted molar refractivity (Wildman–Crippen MR) is 95.4 cm³/mol. The van der Waals surface area contributed by atoms with Crippen molar-refractivity contribution in [2.24, 2.45) is 0 Å². The van der Waals surface area contributed by atoms with Gasteiger partial charge in [-0.2, -0.15) is 0 Å². The Balaban J connectivity index is 2.09. The van der Waals surface area contributed by atoms with Crippen molar-refractivity contribution in [3.05, 3.63) is 52.0 Å². The monoisotopic (exact) mass is 392 g/mol. The Kier molecular flexibility index (Phi) is 5.94. The predicted octanol–water partition coefficient (Wildman–Crippen LogP) is 3.30. The molecule has 2 rings (SSSR count). The molecule has 0 aliphatic rings. The third-order valence-electron chi connectivity index (χ3n) is 3.15. The Hall–Kier alpha value is -2.38. The number of halogens is 1. The van der Waals surface area contributed by atoms with Crippen LogP contribution >= 0.6 is 15.9 Å². The quantitative estimate of drug-likeness (QED) is 0.728. The van der Waals surface area contributed by atoms with Gasteiger partial charge in [0.15, 0.2) is 0 Å². The van der Waals surface area contributed by atoms with Gasteiger partial charge in [0.05, 0.1) is 10.0 Å². The summed E-state index contributed by atoms with van der Waals surface area (Å²) in [7, 11) is 1.44. The van der Waals surface area contributed by atoms with E-state index in [0.717, 1.165) is 5.56 Å². The summed E-state index contributed by atoms with van der Waals surface area (Å²) in [5.41, 5.74) is 2.17. The number of amides is 2. The lowest BCUT2D eigenvalue weighted by molar-refractivity contribution is -0.119. The van der Waals surface area contributed by atoms with E-state index in [9.17, 15) is 14.7 Å². The van der Waals surface area contributed by atoms with Crippen LogP contribution in [-0.4, -0.2) is 30.6 Å². The number of hydrogen-bond donors (Lipinski definition) is 3. The van der Waals surface area contributed by atoms with Crippen molar-refractivity contribution >= 4 is 39.1 Å². The molecule has 0 aliphatic carbocycles. The number of benzene rings is 2. The number of anilines is 2. The maximum absolute atomic E-state index is 12.3. The largest absolute Gasteiger partial charge is 0.506 e. The number of carbonyl (C=O) groups excluding carboxylic acids is 2. The Morgan fingerprint density at radius 2 is 1.71 bits per heavy atom. The molecule has 0 spiro atoms. The first-order valence-corrected chi connectivity index (χ1v) is 7.89. The second kappa shape index (κ2) is 7.94. The zero-order valence-corrected chi connectivity index (χ0v) is 14.8. The Morgan fingerprint density at radius 3 is 2.29 bits per heavy atom. The number of aromatic hydroxyl groups is 1. The number of nitrogens with one attached hydrogen (secondary N) is 2. The molecule has 0 aliphatic heterocycles. The number of phenols is 1. The average Bonchev–Trinajstić information content (AvgIpc) is 2.53. The maximum atomic E-state index is 12.3. The highest BCUT2D eigenvalue weighted by molar-refractivity contribution is 9.10. The molecule has 3 N–H and O–H groups in total. The minimum Gasteiger partial charge on any atom is -0.506 e. The molecular weight excluding hydrogens is 376 g/mol. The summed E-state index contributed by atoms with van der Waals surface area (Å²) in [6, 6.07) is 9.97. The first-order chi connectivity index (χ1) is 11.4. The van der Waals surface area contributed by atoms with E-state index in [1.807, 2.05) is 6.92 Å². The van der Waals surface area contributed by atoms with Gasteiger partial charge < -0.3 is 20.5 Å². The molecule has 0 atom stereocenters. The minimum atomic E-state index is -0.423. The van der Waals surface area contributed by atoms with E-state index < -0.39 is 5.91 Å². The van der Waals surface area contributed by atoms with Crippen molar-refractivity contribution in [3.63, 3.8) is 0 Å². The third-order valence-corrected chi connectivity index (χ3v) is 3.76. The topological polar surface area (TPSA) is 87.7 Å². The fraction of sp³-hybridized carbons (Fsp3) is 0.176. The highest BCUT2D eigenvalue weighted by Crippen LogP contribution is 2.30. The second-order valence-electron chi connectivity index (χ2n) is 5.16. The van der Waals surface area contributed by atoms with E-state index in [-0.39, 0.29) is 23.8 Å². The number of phenolic OH excluding ortho intramolecular Hbond substituents is 1.